The van der Waals surface area contributed by atoms with E-state index in [1.165, 1.54) is 0 Å². The Kier molecular flexibility index (Phi) is 9.62. The van der Waals surface area contributed by atoms with Crippen molar-refractivity contribution in [1.82, 2.24) is 16.2 Å². The highest BCUT2D eigenvalue weighted by Gasteiger charge is 2.14. The summed E-state index contributed by atoms with van der Waals surface area (Å²) in [6.45, 7) is 5.16. The van der Waals surface area contributed by atoms with Crippen LogP contribution in [0, 0.1) is 5.92 Å². The Bertz CT molecular complexity index is 1130. The highest BCUT2D eigenvalue weighted by Crippen LogP contribution is 2.19. The Morgan fingerprint density at radius 3 is 2.23 bits per heavy atom. The summed E-state index contributed by atoms with van der Waals surface area (Å²) in [6, 6.07) is 23.5. The Balaban J connectivity index is 1.46. The molecule has 7 nitrogen and oxygen atoms in total. The first-order chi connectivity index (χ1) is 16.9. The molecular weight excluding hydrogens is 462 g/mol. The van der Waals surface area contributed by atoms with Crippen LogP contribution in [0.25, 0.3) is 0 Å². The van der Waals surface area contributed by atoms with Crippen molar-refractivity contribution in [3.05, 3.63) is 95.6 Å². The Labute approximate surface area is 210 Å². The van der Waals surface area contributed by atoms with E-state index in [-0.39, 0.29) is 5.11 Å². The van der Waals surface area contributed by atoms with Crippen LogP contribution in [0.3, 0.4) is 0 Å². The van der Waals surface area contributed by atoms with Gasteiger partial charge in [-0.05, 0) is 66.5 Å². The fourth-order valence-electron chi connectivity index (χ4n) is 3.02. The van der Waals surface area contributed by atoms with Gasteiger partial charge in [0.25, 0.3) is 11.8 Å². The minimum Gasteiger partial charge on any atom is -0.493 e. The van der Waals surface area contributed by atoms with Crippen LogP contribution in [0.2, 0.25) is 0 Å². The second-order valence-corrected chi connectivity index (χ2v) is 8.60. The smallest absolute Gasteiger partial charge is 0.269 e. The van der Waals surface area contributed by atoms with Crippen molar-refractivity contribution in [2.75, 3.05) is 6.61 Å². The highest BCUT2D eigenvalue weighted by atomic mass is 32.1. The summed E-state index contributed by atoms with van der Waals surface area (Å²) in [6.07, 6.45) is 0.877. The molecule has 0 aliphatic heterocycles. The molecule has 182 valence electrons. The highest BCUT2D eigenvalue weighted by molar-refractivity contribution is 7.80. The molecule has 0 radical (unpaired) electrons. The van der Waals surface area contributed by atoms with E-state index in [2.05, 4.69) is 30.0 Å². The van der Waals surface area contributed by atoms with E-state index in [4.69, 9.17) is 21.7 Å². The summed E-state index contributed by atoms with van der Waals surface area (Å²) in [7, 11) is 0. The number of nitrogens with one attached hydrogen (secondary N) is 3. The molecular formula is C27H29N3O4S. The van der Waals surface area contributed by atoms with Gasteiger partial charge in [-0.15, -0.1) is 0 Å². The van der Waals surface area contributed by atoms with E-state index in [1.807, 2.05) is 30.3 Å². The summed E-state index contributed by atoms with van der Waals surface area (Å²) >= 11 is 5.15. The predicted molar refractivity (Wildman–Crippen MR) is 139 cm³/mol. The molecule has 3 N–H and O–H groups in total. The van der Waals surface area contributed by atoms with Gasteiger partial charge in [0.2, 0.25) is 0 Å². The average Bonchev–Trinajstić information content (AvgIpc) is 2.87. The summed E-state index contributed by atoms with van der Waals surface area (Å²) in [5.74, 6) is 0.780. The molecule has 0 bridgehead atoms. The molecule has 0 aliphatic rings. The third-order valence-corrected chi connectivity index (χ3v) is 5.17. The van der Waals surface area contributed by atoms with E-state index in [0.29, 0.717) is 41.8 Å². The quantitative estimate of drug-likeness (QED) is 0.299. The fraction of sp³-hybridized carbons (Fsp3) is 0.222. The van der Waals surface area contributed by atoms with Crippen molar-refractivity contribution < 1.29 is 19.1 Å². The molecule has 0 unspecified atom stereocenters. The van der Waals surface area contributed by atoms with Crippen LogP contribution in [0.1, 0.15) is 46.5 Å². The first-order valence-electron chi connectivity index (χ1n) is 11.3. The number of hydrogen-bond donors (Lipinski definition) is 3. The van der Waals surface area contributed by atoms with Crippen molar-refractivity contribution in [2.24, 2.45) is 5.92 Å². The van der Waals surface area contributed by atoms with Crippen molar-refractivity contribution in [2.45, 2.75) is 26.9 Å². The summed E-state index contributed by atoms with van der Waals surface area (Å²) in [5.41, 5.74) is 6.84. The predicted octanol–water partition coefficient (Wildman–Crippen LogP) is 4.64. The van der Waals surface area contributed by atoms with Crippen LogP contribution in [0.5, 0.6) is 11.5 Å². The van der Waals surface area contributed by atoms with Crippen LogP contribution < -0.4 is 25.6 Å². The number of hydrogen-bond acceptors (Lipinski definition) is 5. The maximum absolute atomic E-state index is 12.6. The van der Waals surface area contributed by atoms with E-state index in [0.717, 1.165) is 12.0 Å². The van der Waals surface area contributed by atoms with Gasteiger partial charge in [-0.3, -0.25) is 25.8 Å². The van der Waals surface area contributed by atoms with Gasteiger partial charge in [0.1, 0.15) is 18.1 Å². The summed E-state index contributed by atoms with van der Waals surface area (Å²) in [5, 5.41) is 2.51. The zero-order valence-corrected chi connectivity index (χ0v) is 20.6. The Hall–Kier alpha value is -3.91. The molecule has 2 amide bonds. The molecule has 0 saturated heterocycles. The number of thiocarbonyl (C=S) groups is 1. The maximum Gasteiger partial charge on any atom is 0.269 e. The van der Waals surface area contributed by atoms with Crippen LogP contribution >= 0.6 is 12.2 Å². The third kappa shape index (κ3) is 8.42. The molecule has 3 aromatic rings. The minimum atomic E-state index is -0.434. The molecule has 8 heteroatoms. The van der Waals surface area contributed by atoms with Gasteiger partial charge in [-0.2, -0.15) is 0 Å². The number of para-hydroxylation sites is 1. The lowest BCUT2D eigenvalue weighted by Crippen LogP contribution is -2.48. The van der Waals surface area contributed by atoms with Gasteiger partial charge in [0.15, 0.2) is 5.11 Å². The van der Waals surface area contributed by atoms with Crippen molar-refractivity contribution in [3.8, 4) is 11.5 Å². The maximum atomic E-state index is 12.6. The zero-order valence-electron chi connectivity index (χ0n) is 19.7. The molecule has 3 rings (SSSR count). The molecule has 0 saturated carbocycles. The number of benzene rings is 3. The summed E-state index contributed by atoms with van der Waals surface area (Å²) < 4.78 is 11.5. The molecule has 35 heavy (non-hydrogen) atoms. The van der Waals surface area contributed by atoms with Gasteiger partial charge < -0.3 is 9.47 Å². The average molecular weight is 492 g/mol. The number of hydrazine groups is 1. The van der Waals surface area contributed by atoms with Gasteiger partial charge >= 0.3 is 0 Å². The van der Waals surface area contributed by atoms with Crippen molar-refractivity contribution in [3.63, 3.8) is 0 Å². The number of carbonyl (C=O) groups is 2. The number of carbonyl (C=O) groups excluding carboxylic acids is 2. The lowest BCUT2D eigenvalue weighted by molar-refractivity contribution is 0.0933. The molecule has 0 atom stereocenters. The summed E-state index contributed by atoms with van der Waals surface area (Å²) in [4.78, 5) is 25.1. The van der Waals surface area contributed by atoms with Crippen LogP contribution in [-0.2, 0) is 6.61 Å². The monoisotopic (exact) mass is 491 g/mol. The van der Waals surface area contributed by atoms with Gasteiger partial charge in [0, 0.05) is 5.56 Å². The second-order valence-electron chi connectivity index (χ2n) is 8.19. The topological polar surface area (TPSA) is 88.7 Å². The zero-order chi connectivity index (χ0) is 25.0. The van der Waals surface area contributed by atoms with Gasteiger partial charge in [-0.25, -0.2) is 0 Å². The van der Waals surface area contributed by atoms with Crippen molar-refractivity contribution in [1.29, 1.82) is 0 Å². The van der Waals surface area contributed by atoms with E-state index >= 15 is 0 Å². The van der Waals surface area contributed by atoms with Gasteiger partial charge in [-0.1, -0.05) is 56.3 Å². The standard InChI is InChI=1S/C27H29N3O4S/c1-19(2)16-17-33-24-11-7-6-10-23(24)26(32)28-27(35)30-29-25(31)21-12-14-22(15-13-21)34-18-20-8-4-3-5-9-20/h3-15,19H,16-18H2,1-2H3,(H,29,31)(H2,28,30,32,35). The third-order valence-electron chi connectivity index (χ3n) is 4.97. The molecule has 0 aliphatic carbocycles. The Morgan fingerprint density at radius 2 is 1.51 bits per heavy atom. The molecule has 0 spiro atoms. The van der Waals surface area contributed by atoms with Crippen molar-refractivity contribution >= 4 is 29.1 Å². The second kappa shape index (κ2) is 13.1. The lowest BCUT2D eigenvalue weighted by Gasteiger charge is -2.14. The normalized spacial score (nSPS) is 10.4. The van der Waals surface area contributed by atoms with E-state index in [1.54, 1.807) is 48.5 Å². The molecule has 0 fully saturated rings. The first-order valence-corrected chi connectivity index (χ1v) is 11.7. The van der Waals surface area contributed by atoms with Crippen LogP contribution in [-0.4, -0.2) is 23.5 Å². The van der Waals surface area contributed by atoms with Crippen LogP contribution in [0.4, 0.5) is 0 Å². The number of ether oxygens (including phenoxy) is 2. The lowest BCUT2D eigenvalue weighted by atomic mass is 10.1. The SMILES string of the molecule is CC(C)CCOc1ccccc1C(=O)NC(=S)NNC(=O)c1ccc(OCc2ccccc2)cc1. The van der Waals surface area contributed by atoms with Gasteiger partial charge in [0.05, 0.1) is 12.2 Å². The number of amides is 2. The Morgan fingerprint density at radius 1 is 0.829 bits per heavy atom. The molecule has 0 heterocycles. The minimum absolute atomic E-state index is 0.0388. The van der Waals surface area contributed by atoms with Crippen LogP contribution in [0.15, 0.2) is 78.9 Å². The molecule has 3 aromatic carbocycles. The largest absolute Gasteiger partial charge is 0.493 e. The fourth-order valence-corrected chi connectivity index (χ4v) is 3.16. The van der Waals surface area contributed by atoms with E-state index in [9.17, 15) is 9.59 Å². The van der Waals surface area contributed by atoms with E-state index < -0.39 is 11.8 Å². The molecule has 0 aromatic heterocycles. The number of rotatable bonds is 9. The first kappa shape index (κ1) is 25.7.